The van der Waals surface area contributed by atoms with E-state index < -0.39 is 32.5 Å². The van der Waals surface area contributed by atoms with Crippen LogP contribution in [0.2, 0.25) is 0 Å². The average Bonchev–Trinajstić information content (AvgIpc) is 2.31. The summed E-state index contributed by atoms with van der Waals surface area (Å²) in [5.74, 6) is -1.05. The Morgan fingerprint density at radius 1 is 1.16 bits per heavy atom. The Kier molecular flexibility index (Phi) is 8.58. The van der Waals surface area contributed by atoms with E-state index in [4.69, 9.17) is 19.3 Å². The first-order valence-corrected chi connectivity index (χ1v) is 7.36. The molecule has 0 heterocycles. The summed E-state index contributed by atoms with van der Waals surface area (Å²) in [7, 11) is -4.66. The quantitative estimate of drug-likeness (QED) is 0.473. The maximum Gasteiger partial charge on any atom is 0.469 e. The number of hydrogen-bond donors (Lipinski definition) is 2. The first-order chi connectivity index (χ1) is 8.78. The Labute approximate surface area is 111 Å². The van der Waals surface area contributed by atoms with Crippen LogP contribution in [-0.4, -0.2) is 41.0 Å². The van der Waals surface area contributed by atoms with Crippen LogP contribution in [0.5, 0.6) is 0 Å². The largest absolute Gasteiger partial charge is 0.469 e. The standard InChI is InChI=1S/C10H19O8P/c1-3-5-10(12)18-8(6-16-9(11)4-2)7-17-19(13,14)15/h8H,3-7H2,1-2H3,(H2,13,14,15)/t8-/m1/s1. The fraction of sp³-hybridized carbons (Fsp3) is 0.800. The van der Waals surface area contributed by atoms with Crippen molar-refractivity contribution in [2.24, 2.45) is 0 Å². The topological polar surface area (TPSA) is 119 Å². The van der Waals surface area contributed by atoms with Gasteiger partial charge in [-0.1, -0.05) is 13.8 Å². The molecule has 0 aliphatic carbocycles. The molecule has 0 saturated carbocycles. The van der Waals surface area contributed by atoms with Gasteiger partial charge < -0.3 is 19.3 Å². The molecular formula is C10H19O8P. The highest BCUT2D eigenvalue weighted by Crippen LogP contribution is 2.35. The molecule has 0 unspecified atom stereocenters. The lowest BCUT2D eigenvalue weighted by molar-refractivity contribution is -0.161. The van der Waals surface area contributed by atoms with Crippen molar-refractivity contribution in [1.29, 1.82) is 0 Å². The van der Waals surface area contributed by atoms with Crippen LogP contribution in [0.3, 0.4) is 0 Å². The highest BCUT2D eigenvalue weighted by Gasteiger charge is 2.22. The number of rotatable bonds is 9. The molecule has 9 heteroatoms. The van der Waals surface area contributed by atoms with E-state index in [2.05, 4.69) is 4.52 Å². The van der Waals surface area contributed by atoms with E-state index in [1.807, 2.05) is 0 Å². The van der Waals surface area contributed by atoms with Crippen molar-refractivity contribution in [1.82, 2.24) is 0 Å². The number of carbonyl (C=O) groups is 2. The van der Waals surface area contributed by atoms with E-state index in [1.54, 1.807) is 13.8 Å². The van der Waals surface area contributed by atoms with Crippen molar-refractivity contribution in [2.45, 2.75) is 39.2 Å². The van der Waals surface area contributed by atoms with Gasteiger partial charge >= 0.3 is 19.8 Å². The highest BCUT2D eigenvalue weighted by atomic mass is 31.2. The van der Waals surface area contributed by atoms with Crippen LogP contribution in [0.25, 0.3) is 0 Å². The molecule has 0 rings (SSSR count). The van der Waals surface area contributed by atoms with Gasteiger partial charge in [0.05, 0.1) is 6.61 Å². The van der Waals surface area contributed by atoms with Gasteiger partial charge in [-0.05, 0) is 6.42 Å². The van der Waals surface area contributed by atoms with Crippen LogP contribution in [0.1, 0.15) is 33.1 Å². The van der Waals surface area contributed by atoms with Gasteiger partial charge in [-0.3, -0.25) is 14.1 Å². The third-order valence-corrected chi connectivity index (χ3v) is 2.39. The molecule has 112 valence electrons. The van der Waals surface area contributed by atoms with Gasteiger partial charge in [-0.15, -0.1) is 0 Å². The first-order valence-electron chi connectivity index (χ1n) is 5.83. The minimum absolute atomic E-state index is 0.148. The summed E-state index contributed by atoms with van der Waals surface area (Å²) in [6.07, 6.45) is -0.162. The van der Waals surface area contributed by atoms with Crippen LogP contribution < -0.4 is 0 Å². The second-order valence-electron chi connectivity index (χ2n) is 3.68. The molecule has 0 aromatic carbocycles. The van der Waals surface area contributed by atoms with Crippen molar-refractivity contribution in [3.63, 3.8) is 0 Å². The molecule has 0 radical (unpaired) electrons. The fourth-order valence-electron chi connectivity index (χ4n) is 1.03. The number of carbonyl (C=O) groups excluding carboxylic acids is 2. The Balaban J connectivity index is 4.33. The van der Waals surface area contributed by atoms with E-state index in [1.165, 1.54) is 0 Å². The molecule has 19 heavy (non-hydrogen) atoms. The van der Waals surface area contributed by atoms with Gasteiger partial charge in [0.25, 0.3) is 0 Å². The van der Waals surface area contributed by atoms with E-state index in [0.29, 0.717) is 6.42 Å². The van der Waals surface area contributed by atoms with Gasteiger partial charge in [-0.25, -0.2) is 4.57 Å². The summed E-state index contributed by atoms with van der Waals surface area (Å²) < 4.78 is 24.4. The summed E-state index contributed by atoms with van der Waals surface area (Å²) >= 11 is 0. The van der Waals surface area contributed by atoms with Crippen molar-refractivity contribution >= 4 is 19.8 Å². The monoisotopic (exact) mass is 298 g/mol. The molecule has 0 saturated heterocycles. The van der Waals surface area contributed by atoms with Gasteiger partial charge in [0.1, 0.15) is 6.61 Å². The average molecular weight is 298 g/mol. The zero-order valence-electron chi connectivity index (χ0n) is 10.9. The summed E-state index contributed by atoms with van der Waals surface area (Å²) in [5.41, 5.74) is 0. The van der Waals surface area contributed by atoms with Gasteiger partial charge in [0.15, 0.2) is 6.10 Å². The minimum Gasteiger partial charge on any atom is -0.462 e. The van der Waals surface area contributed by atoms with Crippen molar-refractivity contribution in [2.75, 3.05) is 13.2 Å². The second kappa shape index (κ2) is 9.03. The molecule has 0 fully saturated rings. The van der Waals surface area contributed by atoms with Gasteiger partial charge in [0.2, 0.25) is 0 Å². The van der Waals surface area contributed by atoms with Crippen LogP contribution in [0.15, 0.2) is 0 Å². The molecule has 8 nitrogen and oxygen atoms in total. The number of phosphoric ester groups is 1. The Morgan fingerprint density at radius 2 is 1.79 bits per heavy atom. The maximum absolute atomic E-state index is 11.3. The predicted octanol–water partition coefficient (Wildman–Crippen LogP) is 0.761. The third kappa shape index (κ3) is 10.6. The summed E-state index contributed by atoms with van der Waals surface area (Å²) in [6, 6.07) is 0. The predicted molar refractivity (Wildman–Crippen MR) is 64.0 cm³/mol. The number of hydrogen-bond acceptors (Lipinski definition) is 6. The molecular weight excluding hydrogens is 279 g/mol. The lowest BCUT2D eigenvalue weighted by Gasteiger charge is -2.18. The number of phosphoric acid groups is 1. The zero-order chi connectivity index (χ0) is 14.9. The lowest BCUT2D eigenvalue weighted by Crippen LogP contribution is -2.29. The van der Waals surface area contributed by atoms with Crippen LogP contribution in [0.4, 0.5) is 0 Å². The fourth-order valence-corrected chi connectivity index (χ4v) is 1.39. The Bertz CT molecular complexity index is 336. The Morgan fingerprint density at radius 3 is 2.26 bits per heavy atom. The summed E-state index contributed by atoms with van der Waals surface area (Å²) in [5, 5.41) is 0. The second-order valence-corrected chi connectivity index (χ2v) is 4.92. The maximum atomic E-state index is 11.3. The van der Waals surface area contributed by atoms with Crippen molar-refractivity contribution < 1.29 is 37.9 Å². The highest BCUT2D eigenvalue weighted by molar-refractivity contribution is 7.46. The smallest absolute Gasteiger partial charge is 0.462 e. The molecule has 0 aliphatic heterocycles. The molecule has 0 spiro atoms. The third-order valence-electron chi connectivity index (χ3n) is 1.90. The van der Waals surface area contributed by atoms with Crippen molar-refractivity contribution in [3.8, 4) is 0 Å². The number of ether oxygens (including phenoxy) is 2. The molecule has 0 bridgehead atoms. The van der Waals surface area contributed by atoms with E-state index in [9.17, 15) is 14.2 Å². The minimum atomic E-state index is -4.66. The van der Waals surface area contributed by atoms with Crippen molar-refractivity contribution in [3.05, 3.63) is 0 Å². The molecule has 0 aromatic heterocycles. The van der Waals surface area contributed by atoms with E-state index in [-0.39, 0.29) is 19.4 Å². The normalized spacial score (nSPS) is 12.8. The van der Waals surface area contributed by atoms with Crippen LogP contribution in [-0.2, 0) is 28.2 Å². The van der Waals surface area contributed by atoms with E-state index >= 15 is 0 Å². The van der Waals surface area contributed by atoms with Crippen LogP contribution >= 0.6 is 7.82 Å². The first kappa shape index (κ1) is 18.0. The molecule has 2 N–H and O–H groups in total. The lowest BCUT2D eigenvalue weighted by atomic mass is 10.3. The molecule has 0 aliphatic rings. The molecule has 1 atom stereocenters. The zero-order valence-corrected chi connectivity index (χ0v) is 11.8. The number of esters is 2. The summed E-state index contributed by atoms with van der Waals surface area (Å²) in [4.78, 5) is 39.4. The van der Waals surface area contributed by atoms with Crippen LogP contribution in [0, 0.1) is 0 Å². The Hall–Kier alpha value is -0.950. The van der Waals surface area contributed by atoms with E-state index in [0.717, 1.165) is 0 Å². The molecule has 0 aromatic rings. The molecule has 0 amide bonds. The summed E-state index contributed by atoms with van der Waals surface area (Å²) in [6.45, 7) is 2.52. The SMILES string of the molecule is CCCC(=O)O[C@H](COC(=O)CC)COP(=O)(O)O. The van der Waals surface area contributed by atoms with Gasteiger partial charge in [-0.2, -0.15) is 0 Å². The van der Waals surface area contributed by atoms with Gasteiger partial charge in [0, 0.05) is 12.8 Å².